The molecule has 1 heterocycles. The number of rotatable bonds is 6. The number of benzene rings is 3. The van der Waals surface area contributed by atoms with Crippen molar-refractivity contribution in [2.45, 2.75) is 24.7 Å². The molecule has 0 saturated carbocycles. The summed E-state index contributed by atoms with van der Waals surface area (Å²) in [7, 11) is -2.02. The van der Waals surface area contributed by atoms with E-state index in [1.54, 1.807) is 19.2 Å². The highest BCUT2D eigenvalue weighted by Crippen LogP contribution is 2.28. The van der Waals surface area contributed by atoms with Crippen LogP contribution in [-0.4, -0.2) is 52.0 Å². The normalized spacial score (nSPS) is 15.8. The highest BCUT2D eigenvalue weighted by molar-refractivity contribution is 7.89. The third kappa shape index (κ3) is 4.88. The van der Waals surface area contributed by atoms with Crippen LogP contribution in [0.1, 0.15) is 24.0 Å². The van der Waals surface area contributed by atoms with Crippen LogP contribution in [0, 0.1) is 6.92 Å². The Labute approximate surface area is 194 Å². The molecule has 33 heavy (non-hydrogen) atoms. The Morgan fingerprint density at radius 3 is 2.45 bits per heavy atom. The van der Waals surface area contributed by atoms with Crippen molar-refractivity contribution in [3.05, 3.63) is 65.7 Å². The lowest BCUT2D eigenvalue weighted by Crippen LogP contribution is -2.40. The molecule has 0 bridgehead atoms. The third-order valence-corrected chi connectivity index (χ3v) is 7.93. The van der Waals surface area contributed by atoms with E-state index in [-0.39, 0.29) is 10.8 Å². The van der Waals surface area contributed by atoms with Crippen LogP contribution in [-0.2, 0) is 19.6 Å². The number of nitrogens with zero attached hydrogens (tertiary/aromatic N) is 1. The van der Waals surface area contributed by atoms with E-state index in [0.29, 0.717) is 32.0 Å². The van der Waals surface area contributed by atoms with E-state index in [2.05, 4.69) is 5.32 Å². The fourth-order valence-electron chi connectivity index (χ4n) is 3.86. The van der Waals surface area contributed by atoms with Crippen molar-refractivity contribution in [1.29, 1.82) is 0 Å². The Morgan fingerprint density at radius 1 is 1.03 bits per heavy atom. The van der Waals surface area contributed by atoms with Gasteiger partial charge in [0.1, 0.15) is 5.75 Å². The van der Waals surface area contributed by atoms with Crippen LogP contribution in [0.25, 0.3) is 10.8 Å². The summed E-state index contributed by atoms with van der Waals surface area (Å²) in [6.07, 6.45) is 0. The average molecular weight is 469 g/mol. The molecule has 3 aromatic carbocycles. The largest absolute Gasteiger partial charge is 0.497 e. The maximum absolute atomic E-state index is 13.1. The van der Waals surface area contributed by atoms with Crippen LogP contribution < -0.4 is 10.1 Å². The second kappa shape index (κ2) is 9.51. The van der Waals surface area contributed by atoms with Gasteiger partial charge in [-0.1, -0.05) is 30.3 Å². The van der Waals surface area contributed by atoms with E-state index in [4.69, 9.17) is 9.47 Å². The summed E-state index contributed by atoms with van der Waals surface area (Å²) in [5.41, 5.74) is 2.16. The number of hydrogen-bond acceptors (Lipinski definition) is 5. The van der Waals surface area contributed by atoms with Crippen molar-refractivity contribution in [1.82, 2.24) is 4.31 Å². The number of anilines is 1. The lowest BCUT2D eigenvalue weighted by atomic mass is 9.96. The highest BCUT2D eigenvalue weighted by Gasteiger charge is 2.27. The second-order valence-electron chi connectivity index (χ2n) is 8.18. The molecule has 0 spiro atoms. The number of morpholine rings is 1. The van der Waals surface area contributed by atoms with E-state index >= 15 is 0 Å². The number of hydrogen-bond donors (Lipinski definition) is 1. The molecule has 0 aliphatic carbocycles. The van der Waals surface area contributed by atoms with Crippen LogP contribution in [0.2, 0.25) is 0 Å². The van der Waals surface area contributed by atoms with Gasteiger partial charge in [-0.25, -0.2) is 8.42 Å². The molecule has 1 aliphatic rings. The van der Waals surface area contributed by atoms with Gasteiger partial charge in [-0.05, 0) is 60.0 Å². The highest BCUT2D eigenvalue weighted by atomic mass is 32.2. The van der Waals surface area contributed by atoms with Gasteiger partial charge in [0.2, 0.25) is 15.9 Å². The summed E-state index contributed by atoms with van der Waals surface area (Å²) in [5.74, 6) is 0.158. The zero-order chi connectivity index (χ0) is 23.6. The molecular weight excluding hydrogens is 440 g/mol. The summed E-state index contributed by atoms with van der Waals surface area (Å²) >= 11 is 0. The first-order valence-corrected chi connectivity index (χ1v) is 12.3. The monoisotopic (exact) mass is 468 g/mol. The summed E-state index contributed by atoms with van der Waals surface area (Å²) < 4.78 is 38.0. The zero-order valence-corrected chi connectivity index (χ0v) is 19.8. The number of carbonyl (C=O) groups excluding carboxylic acids is 1. The van der Waals surface area contributed by atoms with E-state index in [1.165, 1.54) is 10.4 Å². The average Bonchev–Trinajstić information content (AvgIpc) is 2.84. The summed E-state index contributed by atoms with van der Waals surface area (Å²) in [5, 5.41) is 4.97. The van der Waals surface area contributed by atoms with Crippen LogP contribution in [0.15, 0.2) is 59.5 Å². The van der Waals surface area contributed by atoms with Crippen molar-refractivity contribution in [2.24, 2.45) is 0 Å². The van der Waals surface area contributed by atoms with Gasteiger partial charge in [0, 0.05) is 18.8 Å². The first kappa shape index (κ1) is 23.2. The molecule has 4 rings (SSSR count). The molecule has 1 saturated heterocycles. The maximum Gasteiger partial charge on any atom is 0.243 e. The number of methoxy groups -OCH3 is 1. The quantitative estimate of drug-likeness (QED) is 0.593. The van der Waals surface area contributed by atoms with Gasteiger partial charge < -0.3 is 14.8 Å². The van der Waals surface area contributed by atoms with Gasteiger partial charge in [-0.2, -0.15) is 4.31 Å². The number of fused-ring (bicyclic) bond motifs is 1. The first-order chi connectivity index (χ1) is 15.8. The Morgan fingerprint density at radius 2 is 1.73 bits per heavy atom. The summed E-state index contributed by atoms with van der Waals surface area (Å²) in [4.78, 5) is 13.2. The minimum Gasteiger partial charge on any atom is -0.497 e. The van der Waals surface area contributed by atoms with E-state index in [9.17, 15) is 13.2 Å². The molecule has 1 N–H and O–H groups in total. The van der Waals surface area contributed by atoms with Gasteiger partial charge in [0.05, 0.1) is 31.1 Å². The number of aryl methyl sites for hydroxylation is 1. The molecule has 1 aliphatic heterocycles. The Balaban J connectivity index is 1.55. The molecule has 1 atom stereocenters. The van der Waals surface area contributed by atoms with Crippen LogP contribution in [0.5, 0.6) is 5.75 Å². The van der Waals surface area contributed by atoms with Crippen molar-refractivity contribution in [3.8, 4) is 5.75 Å². The molecular formula is C25H28N2O5S. The lowest BCUT2D eigenvalue weighted by molar-refractivity contribution is -0.117. The Hall–Kier alpha value is -2.94. The van der Waals surface area contributed by atoms with E-state index < -0.39 is 15.9 Å². The molecule has 0 aromatic heterocycles. The van der Waals surface area contributed by atoms with Gasteiger partial charge in [0.25, 0.3) is 0 Å². The van der Waals surface area contributed by atoms with Crippen LogP contribution >= 0.6 is 0 Å². The SMILES string of the molecule is COc1ccc2cc([C@@H](C)C(=O)Nc3cc(S(=O)(=O)N4CCOCC4)ccc3C)ccc2c1. The maximum atomic E-state index is 13.1. The molecule has 7 nitrogen and oxygen atoms in total. The van der Waals surface area contributed by atoms with Gasteiger partial charge in [0.15, 0.2) is 0 Å². The van der Waals surface area contributed by atoms with Crippen molar-refractivity contribution >= 4 is 32.4 Å². The van der Waals surface area contributed by atoms with Crippen molar-refractivity contribution < 1.29 is 22.7 Å². The van der Waals surface area contributed by atoms with Gasteiger partial charge >= 0.3 is 0 Å². The lowest BCUT2D eigenvalue weighted by Gasteiger charge is -2.26. The Kier molecular flexibility index (Phi) is 6.69. The van der Waals surface area contributed by atoms with Crippen molar-refractivity contribution in [2.75, 3.05) is 38.7 Å². The smallest absolute Gasteiger partial charge is 0.243 e. The Bertz CT molecular complexity index is 1280. The minimum absolute atomic E-state index is 0.164. The zero-order valence-electron chi connectivity index (χ0n) is 19.0. The molecule has 0 radical (unpaired) electrons. The van der Waals surface area contributed by atoms with E-state index in [0.717, 1.165) is 27.6 Å². The third-order valence-electron chi connectivity index (χ3n) is 6.04. The minimum atomic E-state index is -3.65. The fraction of sp³-hybridized carbons (Fsp3) is 0.320. The topological polar surface area (TPSA) is 84.9 Å². The van der Waals surface area contributed by atoms with Gasteiger partial charge in [-0.15, -0.1) is 0 Å². The molecule has 174 valence electrons. The molecule has 1 amide bonds. The molecule has 3 aromatic rings. The standard InChI is InChI=1S/C25H28N2O5S/c1-17-4-9-23(33(29,30)27-10-12-32-13-11-27)16-24(17)26-25(28)18(2)19-5-6-21-15-22(31-3)8-7-20(21)14-19/h4-9,14-16,18H,10-13H2,1-3H3,(H,26,28)/t18-/m1/s1. The number of amides is 1. The van der Waals surface area contributed by atoms with Crippen LogP contribution in [0.4, 0.5) is 5.69 Å². The summed E-state index contributed by atoms with van der Waals surface area (Å²) in [6.45, 7) is 5.08. The summed E-state index contributed by atoms with van der Waals surface area (Å²) in [6, 6.07) is 16.5. The van der Waals surface area contributed by atoms with E-state index in [1.807, 2.05) is 50.2 Å². The fourth-order valence-corrected chi connectivity index (χ4v) is 5.30. The number of sulfonamides is 1. The molecule has 8 heteroatoms. The predicted molar refractivity (Wildman–Crippen MR) is 128 cm³/mol. The number of ether oxygens (including phenoxy) is 2. The number of nitrogens with one attached hydrogen (secondary N) is 1. The second-order valence-corrected chi connectivity index (χ2v) is 10.1. The molecule has 1 fully saturated rings. The molecule has 0 unspecified atom stereocenters. The first-order valence-electron chi connectivity index (χ1n) is 10.9. The van der Waals surface area contributed by atoms with Crippen molar-refractivity contribution in [3.63, 3.8) is 0 Å². The number of carbonyl (C=O) groups is 1. The van der Waals surface area contributed by atoms with Crippen LogP contribution in [0.3, 0.4) is 0 Å². The van der Waals surface area contributed by atoms with Gasteiger partial charge in [-0.3, -0.25) is 4.79 Å². The predicted octanol–water partition coefficient (Wildman–Crippen LogP) is 3.92.